The zero-order valence-electron chi connectivity index (χ0n) is 12.1. The van der Waals surface area contributed by atoms with Crippen molar-refractivity contribution in [3.8, 4) is 0 Å². The fourth-order valence-corrected chi connectivity index (χ4v) is 3.31. The fraction of sp³-hybridized carbons (Fsp3) is 1.00. The van der Waals surface area contributed by atoms with Crippen LogP contribution < -0.4 is 0 Å². The SMILES string of the molecule is CCS(=O)(=O)CCN(C)CCC1CCCCN1C. The maximum atomic E-state index is 11.4. The lowest BCUT2D eigenvalue weighted by Crippen LogP contribution is -2.39. The maximum absolute atomic E-state index is 11.4. The van der Waals surface area contributed by atoms with Gasteiger partial charge in [-0.15, -0.1) is 0 Å². The minimum Gasteiger partial charge on any atom is -0.305 e. The second kappa shape index (κ2) is 7.46. The van der Waals surface area contributed by atoms with Gasteiger partial charge < -0.3 is 9.80 Å². The Morgan fingerprint density at radius 3 is 2.61 bits per heavy atom. The summed E-state index contributed by atoms with van der Waals surface area (Å²) in [5.41, 5.74) is 0. The molecular weight excluding hydrogens is 248 g/mol. The quantitative estimate of drug-likeness (QED) is 0.701. The zero-order chi connectivity index (χ0) is 13.6. The molecule has 0 amide bonds. The van der Waals surface area contributed by atoms with E-state index in [0.717, 1.165) is 13.0 Å². The second-order valence-electron chi connectivity index (χ2n) is 5.46. The first-order valence-corrected chi connectivity index (χ1v) is 8.86. The van der Waals surface area contributed by atoms with Crippen LogP contribution in [-0.2, 0) is 9.84 Å². The summed E-state index contributed by atoms with van der Waals surface area (Å²) < 4.78 is 22.9. The Balaban J connectivity index is 2.22. The summed E-state index contributed by atoms with van der Waals surface area (Å²) >= 11 is 0. The summed E-state index contributed by atoms with van der Waals surface area (Å²) in [6.07, 6.45) is 5.09. The third-order valence-electron chi connectivity index (χ3n) is 3.99. The average molecular weight is 276 g/mol. The van der Waals surface area contributed by atoms with E-state index in [1.54, 1.807) is 6.92 Å². The van der Waals surface area contributed by atoms with Crippen LogP contribution in [0.15, 0.2) is 0 Å². The minimum absolute atomic E-state index is 0.256. The molecule has 1 aliphatic rings. The number of sulfone groups is 1. The van der Waals surface area contributed by atoms with E-state index in [1.165, 1.54) is 25.8 Å². The largest absolute Gasteiger partial charge is 0.305 e. The van der Waals surface area contributed by atoms with Crippen molar-refractivity contribution >= 4 is 9.84 Å². The number of hydrogen-bond acceptors (Lipinski definition) is 4. The molecule has 0 saturated carbocycles. The molecule has 1 fully saturated rings. The first-order valence-electron chi connectivity index (χ1n) is 7.04. The van der Waals surface area contributed by atoms with Gasteiger partial charge in [0.15, 0.2) is 9.84 Å². The van der Waals surface area contributed by atoms with E-state index in [4.69, 9.17) is 0 Å². The van der Waals surface area contributed by atoms with Crippen LogP contribution in [0.3, 0.4) is 0 Å². The van der Waals surface area contributed by atoms with Crippen molar-refractivity contribution in [2.75, 3.05) is 45.2 Å². The van der Waals surface area contributed by atoms with Crippen LogP contribution in [0.25, 0.3) is 0 Å². The van der Waals surface area contributed by atoms with Gasteiger partial charge in [-0.25, -0.2) is 8.42 Å². The van der Waals surface area contributed by atoms with Gasteiger partial charge in [-0.05, 0) is 46.4 Å². The Morgan fingerprint density at radius 2 is 2.00 bits per heavy atom. The van der Waals surface area contributed by atoms with Gasteiger partial charge >= 0.3 is 0 Å². The predicted molar refractivity (Wildman–Crippen MR) is 76.7 cm³/mol. The number of hydrogen-bond donors (Lipinski definition) is 0. The van der Waals surface area contributed by atoms with Gasteiger partial charge in [0.05, 0.1) is 5.75 Å². The van der Waals surface area contributed by atoms with Gasteiger partial charge in [-0.3, -0.25) is 0 Å². The van der Waals surface area contributed by atoms with Crippen molar-refractivity contribution in [2.24, 2.45) is 0 Å². The molecule has 1 aliphatic heterocycles. The Kier molecular flexibility index (Phi) is 6.60. The molecule has 4 nitrogen and oxygen atoms in total. The van der Waals surface area contributed by atoms with E-state index in [1.807, 2.05) is 7.05 Å². The Labute approximate surface area is 112 Å². The van der Waals surface area contributed by atoms with E-state index >= 15 is 0 Å². The van der Waals surface area contributed by atoms with Crippen molar-refractivity contribution in [3.05, 3.63) is 0 Å². The summed E-state index contributed by atoms with van der Waals surface area (Å²) in [5, 5.41) is 0. The lowest BCUT2D eigenvalue weighted by molar-refractivity contribution is 0.162. The molecule has 0 spiro atoms. The van der Waals surface area contributed by atoms with E-state index in [0.29, 0.717) is 18.3 Å². The summed E-state index contributed by atoms with van der Waals surface area (Å²) in [6, 6.07) is 0.684. The van der Waals surface area contributed by atoms with E-state index in [9.17, 15) is 8.42 Å². The van der Waals surface area contributed by atoms with Crippen LogP contribution >= 0.6 is 0 Å². The molecule has 1 heterocycles. The lowest BCUT2D eigenvalue weighted by Gasteiger charge is -2.33. The predicted octanol–water partition coefficient (Wildman–Crippen LogP) is 1.23. The van der Waals surface area contributed by atoms with Crippen LogP contribution in [0.5, 0.6) is 0 Å². The highest BCUT2D eigenvalue weighted by atomic mass is 32.2. The molecule has 0 N–H and O–H groups in total. The second-order valence-corrected chi connectivity index (χ2v) is 7.93. The van der Waals surface area contributed by atoms with Gasteiger partial charge in [0, 0.05) is 18.3 Å². The van der Waals surface area contributed by atoms with Gasteiger partial charge in [0.1, 0.15) is 0 Å². The minimum atomic E-state index is -2.82. The first-order chi connectivity index (χ1) is 8.44. The average Bonchev–Trinajstić information content (AvgIpc) is 2.35. The number of rotatable bonds is 7. The van der Waals surface area contributed by atoms with Crippen LogP contribution in [0.1, 0.15) is 32.6 Å². The van der Waals surface area contributed by atoms with Crippen LogP contribution in [-0.4, -0.2) is 69.5 Å². The van der Waals surface area contributed by atoms with Gasteiger partial charge in [-0.2, -0.15) is 0 Å². The number of piperidine rings is 1. The van der Waals surface area contributed by atoms with Crippen molar-refractivity contribution < 1.29 is 8.42 Å². The van der Waals surface area contributed by atoms with E-state index < -0.39 is 9.84 Å². The Bertz CT molecular complexity index is 330. The third kappa shape index (κ3) is 5.67. The molecule has 1 unspecified atom stereocenters. The summed E-state index contributed by atoms with van der Waals surface area (Å²) in [5.74, 6) is 0.548. The van der Waals surface area contributed by atoms with Crippen LogP contribution in [0, 0.1) is 0 Å². The lowest BCUT2D eigenvalue weighted by atomic mass is 10.00. The molecular formula is C13H28N2O2S. The molecule has 0 aromatic carbocycles. The van der Waals surface area contributed by atoms with Crippen molar-refractivity contribution in [1.29, 1.82) is 0 Å². The van der Waals surface area contributed by atoms with Crippen molar-refractivity contribution in [3.63, 3.8) is 0 Å². The zero-order valence-corrected chi connectivity index (χ0v) is 12.9. The molecule has 0 bridgehead atoms. The molecule has 0 aliphatic carbocycles. The Morgan fingerprint density at radius 1 is 1.28 bits per heavy atom. The number of likely N-dealkylation sites (tertiary alicyclic amines) is 1. The van der Waals surface area contributed by atoms with E-state index in [2.05, 4.69) is 16.8 Å². The van der Waals surface area contributed by atoms with Crippen LogP contribution in [0.4, 0.5) is 0 Å². The number of nitrogens with zero attached hydrogens (tertiary/aromatic N) is 2. The topological polar surface area (TPSA) is 40.6 Å². The molecule has 1 rings (SSSR count). The molecule has 18 heavy (non-hydrogen) atoms. The first kappa shape index (κ1) is 15.9. The van der Waals surface area contributed by atoms with Crippen molar-refractivity contribution in [1.82, 2.24) is 9.80 Å². The third-order valence-corrected chi connectivity index (χ3v) is 5.67. The van der Waals surface area contributed by atoms with Gasteiger partial charge in [0.2, 0.25) is 0 Å². The molecule has 108 valence electrons. The molecule has 0 aromatic heterocycles. The summed E-state index contributed by atoms with van der Waals surface area (Å²) in [4.78, 5) is 4.59. The highest BCUT2D eigenvalue weighted by Crippen LogP contribution is 2.17. The Hall–Kier alpha value is -0.130. The van der Waals surface area contributed by atoms with Gasteiger partial charge in [0.25, 0.3) is 0 Å². The van der Waals surface area contributed by atoms with E-state index in [-0.39, 0.29) is 5.75 Å². The smallest absolute Gasteiger partial charge is 0.151 e. The normalized spacial score (nSPS) is 22.6. The van der Waals surface area contributed by atoms with Gasteiger partial charge in [-0.1, -0.05) is 13.3 Å². The maximum Gasteiger partial charge on any atom is 0.151 e. The molecule has 1 atom stereocenters. The monoisotopic (exact) mass is 276 g/mol. The van der Waals surface area contributed by atoms with Crippen molar-refractivity contribution in [2.45, 2.75) is 38.6 Å². The molecule has 0 radical (unpaired) electrons. The molecule has 1 saturated heterocycles. The standard InChI is InChI=1S/C13H28N2O2S/c1-4-18(16,17)12-11-14(2)10-8-13-7-5-6-9-15(13)3/h13H,4-12H2,1-3H3. The summed E-state index contributed by atoms with van der Waals surface area (Å²) in [6.45, 7) is 4.58. The molecule has 5 heteroatoms. The summed E-state index contributed by atoms with van der Waals surface area (Å²) in [7, 11) is 1.40. The highest BCUT2D eigenvalue weighted by Gasteiger charge is 2.19. The molecule has 0 aromatic rings. The fourth-order valence-electron chi connectivity index (χ4n) is 2.43. The highest BCUT2D eigenvalue weighted by molar-refractivity contribution is 7.91. The van der Waals surface area contributed by atoms with Crippen LogP contribution in [0.2, 0.25) is 0 Å².